The minimum atomic E-state index is 0.707. The Morgan fingerprint density at radius 3 is 1.71 bits per heavy atom. The maximum atomic E-state index is 5.20. The molecule has 0 saturated heterocycles. The number of hydrogen-bond donors (Lipinski definition) is 0. The van der Waals surface area contributed by atoms with E-state index >= 15 is 0 Å². The topological polar surface area (TPSA) is 32.3 Å². The first-order valence-corrected chi connectivity index (χ1v) is 17.9. The van der Waals surface area contributed by atoms with Gasteiger partial charge in [-0.25, -0.2) is 9.97 Å². The Hall–Kier alpha value is -6.56. The molecule has 51 heavy (non-hydrogen) atoms. The smallest absolute Gasteiger partial charge is 0.160 e. The van der Waals surface area contributed by atoms with Crippen LogP contribution in [-0.4, -0.2) is 9.97 Å². The van der Waals surface area contributed by atoms with Gasteiger partial charge >= 0.3 is 0 Å². The molecule has 0 saturated carbocycles. The van der Waals surface area contributed by atoms with E-state index in [1.54, 1.807) is 0 Å². The molecule has 0 aliphatic carbocycles. The number of benzene rings is 7. The standard InChI is InChI=1S/C46H30N4S/c1-3-13-31(14-4-1)32-23-25-33(26-24-32)43-37-17-7-9-19-39(37)47-45(48-43)34-27-29-36(30-28-34)49-40-20-10-11-21-41(40)50(35-15-5-2-6-16-35)46-44(49)38-18-8-12-22-42(38)51-46/h1-30H. The van der Waals surface area contributed by atoms with E-state index in [9.17, 15) is 0 Å². The third-order valence-electron chi connectivity index (χ3n) is 9.61. The maximum absolute atomic E-state index is 5.20. The van der Waals surface area contributed by atoms with Crippen LogP contribution in [0.1, 0.15) is 0 Å². The zero-order chi connectivity index (χ0) is 33.7. The summed E-state index contributed by atoms with van der Waals surface area (Å²) >= 11 is 1.83. The molecular weight excluding hydrogens is 641 g/mol. The minimum Gasteiger partial charge on any atom is -0.305 e. The lowest BCUT2D eigenvalue weighted by atomic mass is 10.0. The molecule has 0 fully saturated rings. The molecule has 10 rings (SSSR count). The minimum absolute atomic E-state index is 0.707. The van der Waals surface area contributed by atoms with E-state index in [1.807, 2.05) is 23.5 Å². The van der Waals surface area contributed by atoms with Crippen LogP contribution in [0.5, 0.6) is 0 Å². The summed E-state index contributed by atoms with van der Waals surface area (Å²) < 4.78 is 1.26. The molecule has 0 unspecified atom stereocenters. The molecule has 0 radical (unpaired) electrons. The fourth-order valence-electron chi connectivity index (χ4n) is 7.20. The summed E-state index contributed by atoms with van der Waals surface area (Å²) in [6, 6.07) is 64.2. The fourth-order valence-corrected chi connectivity index (χ4v) is 8.42. The van der Waals surface area contributed by atoms with Gasteiger partial charge in [0, 0.05) is 38.0 Å². The van der Waals surface area contributed by atoms with Crippen LogP contribution < -0.4 is 9.80 Å². The number of rotatable bonds is 5. The summed E-state index contributed by atoms with van der Waals surface area (Å²) in [5, 5.41) is 3.47. The number of fused-ring (bicyclic) bond motifs is 5. The van der Waals surface area contributed by atoms with E-state index < -0.39 is 0 Å². The van der Waals surface area contributed by atoms with Crippen molar-refractivity contribution in [3.63, 3.8) is 0 Å². The van der Waals surface area contributed by atoms with E-state index in [4.69, 9.17) is 9.97 Å². The molecule has 1 aliphatic heterocycles. The van der Waals surface area contributed by atoms with Crippen molar-refractivity contribution in [3.05, 3.63) is 182 Å². The number of nitrogens with zero attached hydrogens (tertiary/aromatic N) is 4. The molecule has 7 aromatic carbocycles. The Labute approximate surface area is 300 Å². The average molecular weight is 671 g/mol. The van der Waals surface area contributed by atoms with Crippen molar-refractivity contribution in [2.75, 3.05) is 9.80 Å². The van der Waals surface area contributed by atoms with E-state index in [2.05, 4.69) is 180 Å². The van der Waals surface area contributed by atoms with Gasteiger partial charge in [-0.15, -0.1) is 11.3 Å². The summed E-state index contributed by atoms with van der Waals surface area (Å²) in [5.41, 5.74) is 12.0. The Morgan fingerprint density at radius 1 is 0.392 bits per heavy atom. The van der Waals surface area contributed by atoms with Crippen LogP contribution in [0.4, 0.5) is 33.4 Å². The molecule has 0 bridgehead atoms. The summed E-state index contributed by atoms with van der Waals surface area (Å²) in [4.78, 5) is 15.1. The second kappa shape index (κ2) is 12.1. The summed E-state index contributed by atoms with van der Waals surface area (Å²) in [7, 11) is 0. The van der Waals surface area contributed by atoms with Gasteiger partial charge in [-0.3, -0.25) is 4.90 Å². The number of thiophene rings is 1. The molecule has 0 N–H and O–H groups in total. The zero-order valence-electron chi connectivity index (χ0n) is 27.5. The molecule has 9 aromatic rings. The normalized spacial score (nSPS) is 12.2. The highest BCUT2D eigenvalue weighted by molar-refractivity contribution is 7.24. The van der Waals surface area contributed by atoms with Gasteiger partial charge < -0.3 is 4.90 Å². The Morgan fingerprint density at radius 2 is 0.941 bits per heavy atom. The van der Waals surface area contributed by atoms with Gasteiger partial charge in [0.15, 0.2) is 5.82 Å². The average Bonchev–Trinajstić information content (AvgIpc) is 3.59. The van der Waals surface area contributed by atoms with Crippen molar-refractivity contribution in [3.8, 4) is 33.8 Å². The van der Waals surface area contributed by atoms with Crippen LogP contribution >= 0.6 is 11.3 Å². The Balaban J connectivity index is 1.08. The molecule has 4 nitrogen and oxygen atoms in total. The molecule has 0 spiro atoms. The van der Waals surface area contributed by atoms with Crippen LogP contribution in [0.2, 0.25) is 0 Å². The van der Waals surface area contributed by atoms with Crippen LogP contribution in [-0.2, 0) is 0 Å². The molecule has 5 heteroatoms. The van der Waals surface area contributed by atoms with E-state index in [-0.39, 0.29) is 0 Å². The van der Waals surface area contributed by atoms with Crippen LogP contribution in [0.25, 0.3) is 54.8 Å². The SMILES string of the molecule is c1ccc(-c2ccc(-c3nc(-c4ccc(N5c6ccccc6N(c6ccccc6)c6sc7ccccc7c65)cc4)nc4ccccc34)cc2)cc1. The van der Waals surface area contributed by atoms with Gasteiger partial charge in [0.05, 0.1) is 28.3 Å². The predicted octanol–water partition coefficient (Wildman–Crippen LogP) is 13.1. The van der Waals surface area contributed by atoms with Crippen LogP contribution in [0.3, 0.4) is 0 Å². The zero-order valence-corrected chi connectivity index (χ0v) is 28.3. The van der Waals surface area contributed by atoms with Crippen molar-refractivity contribution >= 4 is 65.8 Å². The molecule has 2 aromatic heterocycles. The molecule has 240 valence electrons. The van der Waals surface area contributed by atoms with Gasteiger partial charge in [0.1, 0.15) is 5.00 Å². The molecule has 0 amide bonds. The second-order valence-corrected chi connectivity index (χ2v) is 13.7. The quantitative estimate of drug-likeness (QED) is 0.182. The fraction of sp³-hybridized carbons (Fsp3) is 0. The monoisotopic (exact) mass is 670 g/mol. The van der Waals surface area contributed by atoms with Gasteiger partial charge in [0.25, 0.3) is 0 Å². The van der Waals surface area contributed by atoms with Gasteiger partial charge in [-0.1, -0.05) is 121 Å². The molecule has 3 heterocycles. The second-order valence-electron chi connectivity index (χ2n) is 12.7. The third kappa shape index (κ3) is 4.98. The molecule has 0 atom stereocenters. The van der Waals surface area contributed by atoms with Gasteiger partial charge in [-0.2, -0.15) is 0 Å². The van der Waals surface area contributed by atoms with Gasteiger partial charge in [0.2, 0.25) is 0 Å². The lowest BCUT2D eigenvalue weighted by molar-refractivity contribution is 1.20. The lowest BCUT2D eigenvalue weighted by Gasteiger charge is -2.38. The highest BCUT2D eigenvalue weighted by Gasteiger charge is 2.33. The van der Waals surface area contributed by atoms with E-state index in [0.29, 0.717) is 5.82 Å². The largest absolute Gasteiger partial charge is 0.305 e. The first kappa shape index (κ1) is 29.4. The number of hydrogen-bond acceptors (Lipinski definition) is 5. The summed E-state index contributed by atoms with van der Waals surface area (Å²) in [6.07, 6.45) is 0. The van der Waals surface area contributed by atoms with Crippen LogP contribution in [0, 0.1) is 0 Å². The number of para-hydroxylation sites is 4. The van der Waals surface area contributed by atoms with Crippen molar-refractivity contribution in [1.29, 1.82) is 0 Å². The highest BCUT2D eigenvalue weighted by atomic mass is 32.1. The van der Waals surface area contributed by atoms with Crippen LogP contribution in [0.15, 0.2) is 182 Å². The van der Waals surface area contributed by atoms with Crippen molar-refractivity contribution in [1.82, 2.24) is 9.97 Å². The molecule has 1 aliphatic rings. The van der Waals surface area contributed by atoms with Crippen molar-refractivity contribution < 1.29 is 0 Å². The highest BCUT2D eigenvalue weighted by Crippen LogP contribution is 2.59. The van der Waals surface area contributed by atoms with Crippen molar-refractivity contribution in [2.24, 2.45) is 0 Å². The maximum Gasteiger partial charge on any atom is 0.160 e. The lowest BCUT2D eigenvalue weighted by Crippen LogP contribution is -2.22. The third-order valence-corrected chi connectivity index (χ3v) is 10.8. The Kier molecular flexibility index (Phi) is 6.96. The number of aromatic nitrogens is 2. The van der Waals surface area contributed by atoms with Crippen molar-refractivity contribution in [2.45, 2.75) is 0 Å². The number of anilines is 6. The first-order chi connectivity index (χ1) is 25.3. The summed E-state index contributed by atoms with van der Waals surface area (Å²) in [5.74, 6) is 0.707. The van der Waals surface area contributed by atoms with Gasteiger partial charge in [-0.05, 0) is 71.8 Å². The summed E-state index contributed by atoms with van der Waals surface area (Å²) in [6.45, 7) is 0. The first-order valence-electron chi connectivity index (χ1n) is 17.1. The van der Waals surface area contributed by atoms with E-state index in [1.165, 1.54) is 31.9 Å². The predicted molar refractivity (Wildman–Crippen MR) is 214 cm³/mol. The van der Waals surface area contributed by atoms with E-state index in [0.717, 1.165) is 50.5 Å². The molecular formula is C46H30N4S. The Bertz CT molecular complexity index is 2690.